The second-order valence-corrected chi connectivity index (χ2v) is 9.01. The molecule has 1 saturated heterocycles. The van der Waals surface area contributed by atoms with Crippen molar-refractivity contribution in [2.45, 2.75) is 50.0 Å². The van der Waals surface area contributed by atoms with Crippen LogP contribution < -0.4 is 11.1 Å². The van der Waals surface area contributed by atoms with Gasteiger partial charge in [-0.1, -0.05) is 26.0 Å². The van der Waals surface area contributed by atoms with Gasteiger partial charge in [-0.05, 0) is 37.8 Å². The van der Waals surface area contributed by atoms with Crippen LogP contribution >= 0.6 is 0 Å². The number of likely N-dealkylation sites (tertiary alicyclic amines) is 1. The molecule has 27 heavy (non-hydrogen) atoms. The molecule has 2 aliphatic rings. The van der Waals surface area contributed by atoms with Crippen LogP contribution in [0.2, 0.25) is 0 Å². The van der Waals surface area contributed by atoms with Gasteiger partial charge in [-0.3, -0.25) is 4.79 Å². The first-order chi connectivity index (χ1) is 12.8. The number of sulfonamides is 1. The number of hydrogen-bond acceptors (Lipinski definition) is 5. The van der Waals surface area contributed by atoms with Gasteiger partial charge in [0.1, 0.15) is 4.90 Å². The van der Waals surface area contributed by atoms with Crippen LogP contribution in [0.25, 0.3) is 0 Å². The predicted octanol–water partition coefficient (Wildman–Crippen LogP) is 1.48. The molecule has 0 unspecified atom stereocenters. The number of carbonyl (C=O) groups excluding carboxylic acids is 1. The maximum atomic E-state index is 12.5. The molecule has 2 heterocycles. The molecule has 1 amide bonds. The minimum absolute atomic E-state index is 0.0350. The molecule has 0 atom stereocenters. The number of amides is 1. The van der Waals surface area contributed by atoms with Gasteiger partial charge in [0.2, 0.25) is 5.91 Å². The van der Waals surface area contributed by atoms with Crippen LogP contribution in [0.15, 0.2) is 33.6 Å². The number of piperidine rings is 1. The highest BCUT2D eigenvalue weighted by molar-refractivity contribution is 7.90. The fraction of sp³-hybridized carbons (Fsp3) is 0.579. The zero-order chi connectivity index (χ0) is 19.7. The quantitative estimate of drug-likeness (QED) is 0.790. The Balaban J connectivity index is 1.61. The van der Waals surface area contributed by atoms with Crippen molar-refractivity contribution >= 4 is 21.8 Å². The summed E-state index contributed by atoms with van der Waals surface area (Å²) in [6.45, 7) is 5.76. The summed E-state index contributed by atoms with van der Waals surface area (Å²) in [6, 6.07) is 6.89. The van der Waals surface area contributed by atoms with Crippen molar-refractivity contribution in [2.75, 3.05) is 19.6 Å². The van der Waals surface area contributed by atoms with E-state index in [9.17, 15) is 13.2 Å². The maximum Gasteiger partial charge on any atom is 0.285 e. The van der Waals surface area contributed by atoms with E-state index >= 15 is 0 Å². The summed E-state index contributed by atoms with van der Waals surface area (Å²) in [6.07, 6.45) is 2.97. The predicted molar refractivity (Wildman–Crippen MR) is 105 cm³/mol. The van der Waals surface area contributed by atoms with Gasteiger partial charge in [0.25, 0.3) is 10.0 Å². The number of rotatable bonds is 5. The van der Waals surface area contributed by atoms with Gasteiger partial charge < -0.3 is 16.0 Å². The molecule has 0 bridgehead atoms. The number of carbonyl (C=O) groups is 1. The molecule has 1 fully saturated rings. The average molecular weight is 393 g/mol. The molecule has 1 aromatic rings. The van der Waals surface area contributed by atoms with E-state index in [1.54, 1.807) is 18.2 Å². The lowest BCUT2D eigenvalue weighted by atomic mass is 9.92. The first-order valence-electron chi connectivity index (χ1n) is 9.55. The number of hydrogen-bond donors (Lipinski definition) is 2. The van der Waals surface area contributed by atoms with Crippen LogP contribution in [0.1, 0.15) is 45.1 Å². The summed E-state index contributed by atoms with van der Waals surface area (Å²) in [4.78, 5) is 14.7. The standard InChI is InChI=1S/C19H28N4O3S/c1-3-19(20,4-2)13-21-18(24)14-9-11-23(12-10-14)17-15-7-5-6-8-16(15)27(25,26)22-17/h5-8,14H,3-4,9-13,20H2,1-2H3,(H,21,24). The Morgan fingerprint density at radius 3 is 2.52 bits per heavy atom. The Hall–Kier alpha value is -1.93. The lowest BCUT2D eigenvalue weighted by Gasteiger charge is -2.33. The van der Waals surface area contributed by atoms with Crippen LogP contribution in [0.5, 0.6) is 0 Å². The number of fused-ring (bicyclic) bond motifs is 1. The minimum atomic E-state index is -3.61. The van der Waals surface area contributed by atoms with E-state index in [2.05, 4.69) is 9.71 Å². The van der Waals surface area contributed by atoms with Crippen molar-refractivity contribution in [1.82, 2.24) is 10.2 Å². The van der Waals surface area contributed by atoms with Gasteiger partial charge >= 0.3 is 0 Å². The summed E-state index contributed by atoms with van der Waals surface area (Å²) < 4.78 is 28.4. The van der Waals surface area contributed by atoms with Crippen molar-refractivity contribution in [3.63, 3.8) is 0 Å². The van der Waals surface area contributed by atoms with Crippen molar-refractivity contribution < 1.29 is 13.2 Å². The van der Waals surface area contributed by atoms with E-state index in [-0.39, 0.29) is 22.3 Å². The molecule has 0 saturated carbocycles. The SMILES string of the molecule is CCC(N)(CC)CNC(=O)C1CCN(C2=NS(=O)(=O)c3ccccc32)CC1. The van der Waals surface area contributed by atoms with Gasteiger partial charge in [0.05, 0.1) is 0 Å². The molecule has 2 aliphatic heterocycles. The zero-order valence-corrected chi connectivity index (χ0v) is 16.8. The average Bonchev–Trinajstić information content (AvgIpc) is 2.97. The van der Waals surface area contributed by atoms with E-state index in [0.717, 1.165) is 12.8 Å². The Kier molecular flexibility index (Phi) is 5.58. The molecule has 3 N–H and O–H groups in total. The lowest BCUT2D eigenvalue weighted by Crippen LogP contribution is -2.51. The van der Waals surface area contributed by atoms with Gasteiger partial charge in [-0.2, -0.15) is 8.42 Å². The highest BCUT2D eigenvalue weighted by Crippen LogP contribution is 2.29. The second-order valence-electron chi connectivity index (χ2n) is 7.43. The minimum Gasteiger partial charge on any atom is -0.355 e. The molecule has 1 aromatic carbocycles. The van der Waals surface area contributed by atoms with E-state index in [0.29, 0.717) is 43.9 Å². The summed E-state index contributed by atoms with van der Waals surface area (Å²) in [5.74, 6) is 0.461. The lowest BCUT2D eigenvalue weighted by molar-refractivity contribution is -0.126. The van der Waals surface area contributed by atoms with Crippen molar-refractivity contribution in [2.24, 2.45) is 16.0 Å². The number of benzene rings is 1. The fourth-order valence-corrected chi connectivity index (χ4v) is 4.81. The Morgan fingerprint density at radius 2 is 1.89 bits per heavy atom. The highest BCUT2D eigenvalue weighted by Gasteiger charge is 2.34. The number of nitrogens with zero attached hydrogens (tertiary/aromatic N) is 2. The van der Waals surface area contributed by atoms with Crippen LogP contribution in [-0.4, -0.2) is 50.2 Å². The van der Waals surface area contributed by atoms with E-state index in [4.69, 9.17) is 5.73 Å². The largest absolute Gasteiger partial charge is 0.355 e. The highest BCUT2D eigenvalue weighted by atomic mass is 32.2. The summed E-state index contributed by atoms with van der Waals surface area (Å²) in [7, 11) is -3.61. The third-order valence-electron chi connectivity index (χ3n) is 5.80. The normalized spacial score (nSPS) is 19.5. The molecular weight excluding hydrogens is 364 g/mol. The number of nitrogens with two attached hydrogens (primary N) is 1. The molecule has 0 radical (unpaired) electrons. The van der Waals surface area contributed by atoms with Gasteiger partial charge in [0.15, 0.2) is 5.84 Å². The fourth-order valence-electron chi connectivity index (χ4n) is 3.58. The maximum absolute atomic E-state index is 12.5. The van der Waals surface area contributed by atoms with Crippen molar-refractivity contribution in [1.29, 1.82) is 0 Å². The van der Waals surface area contributed by atoms with Gasteiger partial charge in [-0.15, -0.1) is 4.40 Å². The van der Waals surface area contributed by atoms with Crippen molar-refractivity contribution in [3.8, 4) is 0 Å². The smallest absolute Gasteiger partial charge is 0.285 e. The first-order valence-corrected chi connectivity index (χ1v) is 11.0. The molecule has 0 aromatic heterocycles. The van der Waals surface area contributed by atoms with Crippen LogP contribution in [0.4, 0.5) is 0 Å². The third kappa shape index (κ3) is 4.01. The Morgan fingerprint density at radius 1 is 1.26 bits per heavy atom. The van der Waals surface area contributed by atoms with Crippen LogP contribution in [0, 0.1) is 5.92 Å². The Labute approximate surface area is 161 Å². The first kappa shape index (κ1) is 19.8. The molecule has 8 heteroatoms. The molecular formula is C19H28N4O3S. The monoisotopic (exact) mass is 392 g/mol. The Bertz CT molecular complexity index is 838. The molecule has 7 nitrogen and oxygen atoms in total. The number of amidine groups is 1. The number of nitrogens with one attached hydrogen (secondary N) is 1. The molecule has 148 valence electrons. The topological polar surface area (TPSA) is 105 Å². The summed E-state index contributed by atoms with van der Waals surface area (Å²) in [5.41, 5.74) is 6.55. The van der Waals surface area contributed by atoms with Crippen molar-refractivity contribution in [3.05, 3.63) is 29.8 Å². The summed E-state index contributed by atoms with van der Waals surface area (Å²) in [5, 5.41) is 3.00. The van der Waals surface area contributed by atoms with E-state index in [1.807, 2.05) is 24.8 Å². The molecule has 0 spiro atoms. The summed E-state index contributed by atoms with van der Waals surface area (Å²) >= 11 is 0. The van der Waals surface area contributed by atoms with Crippen LogP contribution in [-0.2, 0) is 14.8 Å². The third-order valence-corrected chi connectivity index (χ3v) is 7.13. The van der Waals surface area contributed by atoms with Crippen LogP contribution in [0.3, 0.4) is 0 Å². The second kappa shape index (κ2) is 7.59. The van der Waals surface area contributed by atoms with Gasteiger partial charge in [0, 0.05) is 36.7 Å². The zero-order valence-electron chi connectivity index (χ0n) is 15.9. The van der Waals surface area contributed by atoms with E-state index < -0.39 is 10.0 Å². The molecule has 3 rings (SSSR count). The van der Waals surface area contributed by atoms with Gasteiger partial charge in [-0.25, -0.2) is 0 Å². The van der Waals surface area contributed by atoms with E-state index in [1.165, 1.54) is 0 Å². The molecule has 0 aliphatic carbocycles.